The first-order valence-corrected chi connectivity index (χ1v) is 13.2. The van der Waals surface area contributed by atoms with Gasteiger partial charge in [-0.3, -0.25) is 10.1 Å². The van der Waals surface area contributed by atoms with E-state index >= 15 is 0 Å². The smallest absolute Gasteiger partial charge is 0.319 e. The van der Waals surface area contributed by atoms with Crippen molar-refractivity contribution in [1.29, 1.82) is 0 Å². The molecule has 1 atom stereocenters. The quantitative estimate of drug-likeness (QED) is 0.633. The molecule has 4 rings (SSSR count). The van der Waals surface area contributed by atoms with Gasteiger partial charge in [-0.1, -0.05) is 44.2 Å². The van der Waals surface area contributed by atoms with Gasteiger partial charge in [-0.25, -0.2) is 8.42 Å². The van der Waals surface area contributed by atoms with Gasteiger partial charge < -0.3 is 4.90 Å². The topological polar surface area (TPSA) is 69.7 Å². The molecule has 0 saturated carbocycles. The standard InChI is InChI=1S/C25H30F3N3O3S/c1-18(2)15-22-23(32)31(17-19-7-6-8-20(16-19)25(26,27)28)24(29-22)11-13-30(14-12-24)35(33,34)21-9-4-3-5-10-21/h3-10,16,18,22,29H,11-15,17H2,1-2H3/t22-/m0/s1. The number of nitrogens with one attached hydrogen (secondary N) is 1. The maximum atomic E-state index is 13.4. The first-order valence-electron chi connectivity index (χ1n) is 11.7. The molecule has 0 radical (unpaired) electrons. The van der Waals surface area contributed by atoms with E-state index in [2.05, 4.69) is 5.32 Å². The van der Waals surface area contributed by atoms with Crippen molar-refractivity contribution < 1.29 is 26.4 Å². The van der Waals surface area contributed by atoms with E-state index < -0.39 is 33.5 Å². The number of sulfonamides is 1. The first kappa shape index (κ1) is 25.7. The van der Waals surface area contributed by atoms with Gasteiger partial charge in [0.1, 0.15) is 0 Å². The predicted molar refractivity (Wildman–Crippen MR) is 126 cm³/mol. The Kier molecular flexibility index (Phi) is 7.00. The molecule has 2 saturated heterocycles. The second-order valence-corrected chi connectivity index (χ2v) is 11.6. The molecule has 10 heteroatoms. The van der Waals surface area contributed by atoms with Gasteiger partial charge in [-0.05, 0) is 55.0 Å². The summed E-state index contributed by atoms with van der Waals surface area (Å²) >= 11 is 0. The fourth-order valence-electron chi connectivity index (χ4n) is 5.00. The lowest BCUT2D eigenvalue weighted by molar-refractivity contribution is -0.137. The van der Waals surface area contributed by atoms with E-state index in [1.54, 1.807) is 41.3 Å². The molecule has 0 aromatic heterocycles. The second kappa shape index (κ2) is 9.55. The molecule has 2 aromatic carbocycles. The van der Waals surface area contributed by atoms with Crippen LogP contribution in [0.15, 0.2) is 59.5 Å². The molecule has 6 nitrogen and oxygen atoms in total. The van der Waals surface area contributed by atoms with Crippen LogP contribution in [0, 0.1) is 5.92 Å². The van der Waals surface area contributed by atoms with Crippen LogP contribution in [-0.2, 0) is 27.5 Å². The molecule has 2 heterocycles. The summed E-state index contributed by atoms with van der Waals surface area (Å²) in [5.41, 5.74) is -1.18. The third kappa shape index (κ3) is 5.24. The zero-order valence-electron chi connectivity index (χ0n) is 19.8. The van der Waals surface area contributed by atoms with Gasteiger partial charge in [-0.2, -0.15) is 17.5 Å². The Morgan fingerprint density at radius 2 is 1.71 bits per heavy atom. The summed E-state index contributed by atoms with van der Waals surface area (Å²) in [5.74, 6) is 0.0797. The van der Waals surface area contributed by atoms with E-state index in [1.165, 1.54) is 10.4 Å². The van der Waals surface area contributed by atoms with Crippen LogP contribution in [0.2, 0.25) is 0 Å². The molecule has 2 aliphatic heterocycles. The minimum atomic E-state index is -4.47. The highest BCUT2D eigenvalue weighted by molar-refractivity contribution is 7.89. The zero-order valence-corrected chi connectivity index (χ0v) is 20.6. The molecule has 190 valence electrons. The number of hydrogen-bond acceptors (Lipinski definition) is 4. The van der Waals surface area contributed by atoms with Gasteiger partial charge in [-0.15, -0.1) is 0 Å². The van der Waals surface area contributed by atoms with Crippen LogP contribution in [0.5, 0.6) is 0 Å². The maximum Gasteiger partial charge on any atom is 0.416 e. The molecule has 2 fully saturated rings. The molecule has 0 unspecified atom stereocenters. The normalized spacial score (nSPS) is 21.3. The Bertz CT molecular complexity index is 1160. The monoisotopic (exact) mass is 509 g/mol. The highest BCUT2D eigenvalue weighted by Crippen LogP contribution is 2.37. The summed E-state index contributed by atoms with van der Waals surface area (Å²) in [6.07, 6.45) is -3.19. The summed E-state index contributed by atoms with van der Waals surface area (Å²) in [7, 11) is -3.68. The van der Waals surface area contributed by atoms with E-state index in [0.29, 0.717) is 24.8 Å². The van der Waals surface area contributed by atoms with Crippen LogP contribution in [0.25, 0.3) is 0 Å². The molecule has 2 aliphatic rings. The minimum Gasteiger partial charge on any atom is -0.319 e. The van der Waals surface area contributed by atoms with Crippen molar-refractivity contribution in [3.63, 3.8) is 0 Å². The lowest BCUT2D eigenvalue weighted by Gasteiger charge is -2.44. The number of carbonyl (C=O) groups excluding carboxylic acids is 1. The fraction of sp³-hybridized carbons (Fsp3) is 0.480. The van der Waals surface area contributed by atoms with Crippen LogP contribution in [0.4, 0.5) is 13.2 Å². The zero-order chi connectivity index (χ0) is 25.4. The number of amides is 1. The van der Waals surface area contributed by atoms with E-state index in [1.807, 2.05) is 13.8 Å². The Balaban J connectivity index is 1.59. The van der Waals surface area contributed by atoms with Gasteiger partial charge in [0.2, 0.25) is 15.9 Å². The number of nitrogens with zero attached hydrogens (tertiary/aromatic N) is 2. The highest BCUT2D eigenvalue weighted by atomic mass is 32.2. The Morgan fingerprint density at radius 1 is 1.06 bits per heavy atom. The number of alkyl halides is 3. The molecule has 35 heavy (non-hydrogen) atoms. The molecule has 1 N–H and O–H groups in total. The van der Waals surface area contributed by atoms with Crippen molar-refractivity contribution in [2.45, 2.75) is 62.4 Å². The summed E-state index contributed by atoms with van der Waals surface area (Å²) in [6.45, 7) is 4.43. The average Bonchev–Trinajstić information content (AvgIpc) is 3.04. The summed E-state index contributed by atoms with van der Waals surface area (Å²) in [5, 5.41) is 3.45. The van der Waals surface area contributed by atoms with Crippen LogP contribution in [0.1, 0.15) is 44.2 Å². The van der Waals surface area contributed by atoms with E-state index in [-0.39, 0.29) is 36.4 Å². The van der Waals surface area contributed by atoms with Crippen LogP contribution >= 0.6 is 0 Å². The van der Waals surface area contributed by atoms with E-state index in [9.17, 15) is 26.4 Å². The van der Waals surface area contributed by atoms with E-state index in [4.69, 9.17) is 0 Å². The molecule has 0 aliphatic carbocycles. The lowest BCUT2D eigenvalue weighted by atomic mass is 9.96. The molecular formula is C25H30F3N3O3S. The largest absolute Gasteiger partial charge is 0.416 e. The summed E-state index contributed by atoms with van der Waals surface area (Å²) in [6, 6.07) is 12.7. The number of halogens is 3. The number of benzene rings is 2. The molecule has 1 spiro atoms. The number of hydrogen-bond donors (Lipinski definition) is 1. The third-order valence-corrected chi connectivity index (χ3v) is 8.67. The van der Waals surface area contributed by atoms with Crippen molar-refractivity contribution in [2.24, 2.45) is 5.92 Å². The van der Waals surface area contributed by atoms with E-state index in [0.717, 1.165) is 12.1 Å². The van der Waals surface area contributed by atoms with Crippen LogP contribution in [-0.4, -0.2) is 48.3 Å². The Morgan fingerprint density at radius 3 is 2.31 bits per heavy atom. The van der Waals surface area contributed by atoms with Crippen molar-refractivity contribution >= 4 is 15.9 Å². The Labute approximate surface area is 204 Å². The summed E-state index contributed by atoms with van der Waals surface area (Å²) in [4.78, 5) is 15.2. The SMILES string of the molecule is CC(C)C[C@@H]1NC2(CCN(S(=O)(=O)c3ccccc3)CC2)N(Cc2cccc(C(F)(F)F)c2)C1=O. The second-order valence-electron chi connectivity index (χ2n) is 9.70. The van der Waals surface area contributed by atoms with Crippen molar-refractivity contribution in [1.82, 2.24) is 14.5 Å². The predicted octanol–water partition coefficient (Wildman–Crippen LogP) is 4.23. The number of rotatable bonds is 6. The lowest BCUT2D eigenvalue weighted by Crippen LogP contribution is -2.59. The maximum absolute atomic E-state index is 13.4. The van der Waals surface area contributed by atoms with Crippen molar-refractivity contribution in [3.8, 4) is 0 Å². The van der Waals surface area contributed by atoms with Gasteiger partial charge in [0.05, 0.1) is 22.2 Å². The van der Waals surface area contributed by atoms with Gasteiger partial charge >= 0.3 is 6.18 Å². The number of piperidine rings is 1. The van der Waals surface area contributed by atoms with Crippen molar-refractivity contribution in [2.75, 3.05) is 13.1 Å². The molecule has 2 aromatic rings. The third-order valence-electron chi connectivity index (χ3n) is 6.76. The molecular weight excluding hydrogens is 479 g/mol. The highest BCUT2D eigenvalue weighted by Gasteiger charge is 2.52. The van der Waals surface area contributed by atoms with Gasteiger partial charge in [0.25, 0.3) is 0 Å². The van der Waals surface area contributed by atoms with Crippen molar-refractivity contribution in [3.05, 3.63) is 65.7 Å². The average molecular weight is 510 g/mol. The van der Waals surface area contributed by atoms with Gasteiger partial charge in [0, 0.05) is 19.6 Å². The number of carbonyl (C=O) groups is 1. The van der Waals surface area contributed by atoms with Crippen LogP contribution < -0.4 is 5.32 Å². The Hall–Kier alpha value is -2.43. The molecule has 1 amide bonds. The first-order chi connectivity index (χ1) is 16.4. The fourth-order valence-corrected chi connectivity index (χ4v) is 6.47. The summed E-state index contributed by atoms with van der Waals surface area (Å²) < 4.78 is 67.3. The van der Waals surface area contributed by atoms with Crippen LogP contribution in [0.3, 0.4) is 0 Å². The minimum absolute atomic E-state index is 0.0236. The van der Waals surface area contributed by atoms with Gasteiger partial charge in [0.15, 0.2) is 0 Å². The molecule has 0 bridgehead atoms.